The first kappa shape index (κ1) is 15.3. The average Bonchev–Trinajstić information content (AvgIpc) is 2.50. The maximum atomic E-state index is 12.0. The molecule has 1 amide bonds. The van der Waals surface area contributed by atoms with E-state index in [1.54, 1.807) is 24.3 Å². The Morgan fingerprint density at radius 2 is 1.71 bits per heavy atom. The Hall–Kier alpha value is -2.14. The van der Waals surface area contributed by atoms with Crippen molar-refractivity contribution in [2.45, 2.75) is 17.7 Å². The van der Waals surface area contributed by atoms with Gasteiger partial charge in [-0.2, -0.15) is 0 Å². The number of benzene rings is 2. The molecule has 5 heteroatoms. The van der Waals surface area contributed by atoms with E-state index in [1.165, 1.54) is 0 Å². The Bertz CT molecular complexity index is 612. The predicted molar refractivity (Wildman–Crippen MR) is 86.4 cm³/mol. The summed E-state index contributed by atoms with van der Waals surface area (Å²) in [6.07, 6.45) is 0.936. The minimum atomic E-state index is -1.05. The first-order chi connectivity index (χ1) is 10.1. The van der Waals surface area contributed by atoms with Crippen molar-refractivity contribution in [3.05, 3.63) is 54.6 Å². The summed E-state index contributed by atoms with van der Waals surface area (Å²) in [5.74, 6) is 0.406. The van der Waals surface area contributed by atoms with Crippen molar-refractivity contribution in [1.82, 2.24) is 0 Å². The fraction of sp³-hybridized carbons (Fsp3) is 0.188. The van der Waals surface area contributed by atoms with Crippen LogP contribution >= 0.6 is 0 Å². The van der Waals surface area contributed by atoms with E-state index in [-0.39, 0.29) is 5.91 Å². The Morgan fingerprint density at radius 1 is 1.05 bits per heavy atom. The molecule has 0 spiro atoms. The lowest BCUT2D eigenvalue weighted by molar-refractivity contribution is -0.116. The van der Waals surface area contributed by atoms with Gasteiger partial charge in [0, 0.05) is 28.4 Å². The number of nitrogens with one attached hydrogen (secondary N) is 1. The highest BCUT2D eigenvalue weighted by molar-refractivity contribution is 7.85. The summed E-state index contributed by atoms with van der Waals surface area (Å²) in [6, 6.07) is 16.3. The normalized spacial score (nSPS) is 11.8. The molecule has 1 atom stereocenters. The van der Waals surface area contributed by atoms with Crippen LogP contribution < -0.4 is 11.1 Å². The molecule has 0 heterocycles. The van der Waals surface area contributed by atoms with Crippen LogP contribution in [0, 0.1) is 0 Å². The smallest absolute Gasteiger partial charge is 0.224 e. The zero-order chi connectivity index (χ0) is 15.1. The average molecular weight is 302 g/mol. The van der Waals surface area contributed by atoms with E-state index in [4.69, 9.17) is 5.73 Å². The molecule has 3 N–H and O–H groups in total. The molecular weight excluding hydrogens is 284 g/mol. The maximum Gasteiger partial charge on any atom is 0.224 e. The minimum absolute atomic E-state index is 0.0789. The molecule has 0 fully saturated rings. The molecule has 0 radical (unpaired) electrons. The van der Waals surface area contributed by atoms with Crippen LogP contribution in [0.25, 0.3) is 0 Å². The molecule has 0 saturated carbocycles. The molecule has 2 aromatic carbocycles. The lowest BCUT2D eigenvalue weighted by atomic mass is 10.2. The van der Waals surface area contributed by atoms with E-state index in [2.05, 4.69) is 5.32 Å². The van der Waals surface area contributed by atoms with E-state index < -0.39 is 10.8 Å². The van der Waals surface area contributed by atoms with Crippen molar-refractivity contribution >= 4 is 28.1 Å². The van der Waals surface area contributed by atoms with Gasteiger partial charge in [0.05, 0.1) is 10.8 Å². The standard InChI is InChI=1S/C16H18N2O2S/c17-13-8-10-14(11-9-13)18-16(19)7-4-12-21(20)15-5-2-1-3-6-15/h1-3,5-6,8-11H,4,7,12,17H2,(H,18,19). The second kappa shape index (κ2) is 7.59. The topological polar surface area (TPSA) is 72.2 Å². The fourth-order valence-electron chi connectivity index (χ4n) is 1.84. The third-order valence-electron chi connectivity index (χ3n) is 2.93. The fourth-order valence-corrected chi connectivity index (χ4v) is 2.95. The van der Waals surface area contributed by atoms with Crippen LogP contribution in [0.15, 0.2) is 59.5 Å². The van der Waals surface area contributed by atoms with Gasteiger partial charge in [-0.15, -0.1) is 0 Å². The maximum absolute atomic E-state index is 12.0. The largest absolute Gasteiger partial charge is 0.399 e. The minimum Gasteiger partial charge on any atom is -0.399 e. The Kier molecular flexibility index (Phi) is 5.51. The van der Waals surface area contributed by atoms with Crippen LogP contribution in [0.1, 0.15) is 12.8 Å². The van der Waals surface area contributed by atoms with Gasteiger partial charge in [0.1, 0.15) is 0 Å². The molecule has 2 rings (SSSR count). The third kappa shape index (κ3) is 5.04. The molecule has 0 aliphatic heterocycles. The molecule has 2 aromatic rings. The van der Waals surface area contributed by atoms with Crippen LogP contribution in [-0.4, -0.2) is 15.9 Å². The van der Waals surface area contributed by atoms with E-state index in [0.717, 1.165) is 10.6 Å². The van der Waals surface area contributed by atoms with Gasteiger partial charge in [0.15, 0.2) is 0 Å². The lowest BCUT2D eigenvalue weighted by Crippen LogP contribution is -2.12. The molecular formula is C16H18N2O2S. The molecule has 0 saturated heterocycles. The van der Waals surface area contributed by atoms with Gasteiger partial charge >= 0.3 is 0 Å². The number of hydrogen-bond acceptors (Lipinski definition) is 3. The SMILES string of the molecule is Nc1ccc(NC(=O)CCCS(=O)c2ccccc2)cc1. The molecule has 0 aliphatic rings. The number of carbonyl (C=O) groups is 1. The van der Waals surface area contributed by atoms with Gasteiger partial charge in [-0.05, 0) is 42.8 Å². The number of hydrogen-bond donors (Lipinski definition) is 2. The summed E-state index contributed by atoms with van der Waals surface area (Å²) in [7, 11) is -1.05. The first-order valence-corrected chi connectivity index (χ1v) is 8.06. The molecule has 1 unspecified atom stereocenters. The highest BCUT2D eigenvalue weighted by atomic mass is 32.2. The summed E-state index contributed by atoms with van der Waals surface area (Å²) in [4.78, 5) is 12.6. The molecule has 0 bridgehead atoms. The molecule has 4 nitrogen and oxygen atoms in total. The van der Waals surface area contributed by atoms with Crippen molar-refractivity contribution in [2.24, 2.45) is 0 Å². The van der Waals surface area contributed by atoms with E-state index in [9.17, 15) is 9.00 Å². The summed E-state index contributed by atoms with van der Waals surface area (Å²) in [5.41, 5.74) is 6.96. The summed E-state index contributed by atoms with van der Waals surface area (Å²) < 4.78 is 12.0. The summed E-state index contributed by atoms with van der Waals surface area (Å²) in [5, 5.41) is 2.79. The van der Waals surface area contributed by atoms with Crippen molar-refractivity contribution in [2.75, 3.05) is 16.8 Å². The number of nitrogens with two attached hydrogens (primary N) is 1. The lowest BCUT2D eigenvalue weighted by Gasteiger charge is -2.05. The van der Waals surface area contributed by atoms with Crippen LogP contribution in [0.4, 0.5) is 11.4 Å². The zero-order valence-electron chi connectivity index (χ0n) is 11.6. The summed E-state index contributed by atoms with van der Waals surface area (Å²) in [6.45, 7) is 0. The molecule has 21 heavy (non-hydrogen) atoms. The zero-order valence-corrected chi connectivity index (χ0v) is 12.4. The van der Waals surface area contributed by atoms with E-state index in [0.29, 0.717) is 24.3 Å². The van der Waals surface area contributed by atoms with Crippen LogP contribution in [0.5, 0.6) is 0 Å². The molecule has 0 aliphatic carbocycles. The van der Waals surface area contributed by atoms with Gasteiger partial charge in [-0.25, -0.2) is 0 Å². The molecule has 110 valence electrons. The summed E-state index contributed by atoms with van der Waals surface area (Å²) >= 11 is 0. The Labute approximate surface area is 126 Å². The Balaban J connectivity index is 1.74. The van der Waals surface area contributed by atoms with Gasteiger partial charge < -0.3 is 11.1 Å². The number of amides is 1. The van der Waals surface area contributed by atoms with Crippen LogP contribution in [0.3, 0.4) is 0 Å². The van der Waals surface area contributed by atoms with E-state index in [1.807, 2.05) is 30.3 Å². The van der Waals surface area contributed by atoms with Crippen LogP contribution in [0.2, 0.25) is 0 Å². The molecule has 0 aromatic heterocycles. The highest BCUT2D eigenvalue weighted by Gasteiger charge is 2.06. The van der Waals surface area contributed by atoms with Gasteiger partial charge in [0.2, 0.25) is 5.91 Å². The van der Waals surface area contributed by atoms with Gasteiger partial charge in [-0.3, -0.25) is 9.00 Å². The van der Waals surface area contributed by atoms with Crippen molar-refractivity contribution in [3.8, 4) is 0 Å². The van der Waals surface area contributed by atoms with Crippen molar-refractivity contribution < 1.29 is 9.00 Å². The first-order valence-electron chi connectivity index (χ1n) is 6.74. The van der Waals surface area contributed by atoms with Gasteiger partial charge in [-0.1, -0.05) is 18.2 Å². The second-order valence-corrected chi connectivity index (χ2v) is 6.21. The number of nitrogen functional groups attached to an aromatic ring is 1. The highest BCUT2D eigenvalue weighted by Crippen LogP contribution is 2.12. The number of anilines is 2. The predicted octanol–water partition coefficient (Wildman–Crippen LogP) is 2.80. The van der Waals surface area contributed by atoms with E-state index >= 15 is 0 Å². The quantitative estimate of drug-likeness (QED) is 0.806. The van der Waals surface area contributed by atoms with Crippen molar-refractivity contribution in [1.29, 1.82) is 0 Å². The van der Waals surface area contributed by atoms with Crippen LogP contribution in [-0.2, 0) is 15.6 Å². The monoisotopic (exact) mass is 302 g/mol. The number of carbonyl (C=O) groups excluding carboxylic acids is 1. The second-order valence-electron chi connectivity index (χ2n) is 4.64. The number of rotatable bonds is 6. The third-order valence-corrected chi connectivity index (χ3v) is 4.39. The van der Waals surface area contributed by atoms with Crippen molar-refractivity contribution in [3.63, 3.8) is 0 Å². The van der Waals surface area contributed by atoms with Gasteiger partial charge in [0.25, 0.3) is 0 Å². The Morgan fingerprint density at radius 3 is 2.38 bits per heavy atom.